The molecule has 1 saturated carbocycles. The van der Waals surface area contributed by atoms with Gasteiger partial charge in [0.15, 0.2) is 11.5 Å². The third-order valence-electron chi connectivity index (χ3n) is 3.80. The third-order valence-corrected chi connectivity index (χ3v) is 3.80. The summed E-state index contributed by atoms with van der Waals surface area (Å²) < 4.78 is 38.1. The maximum atomic E-state index is 12.7. The van der Waals surface area contributed by atoms with Crippen molar-refractivity contribution in [3.05, 3.63) is 47.4 Å². The highest BCUT2D eigenvalue weighted by molar-refractivity contribution is 5.99. The fourth-order valence-corrected chi connectivity index (χ4v) is 2.26. The molecule has 1 amide bonds. The van der Waals surface area contributed by atoms with Gasteiger partial charge in [-0.05, 0) is 18.4 Å². The molecule has 1 heterocycles. The van der Waals surface area contributed by atoms with Crippen LogP contribution in [0.2, 0.25) is 0 Å². The monoisotopic (exact) mass is 355 g/mol. The molecule has 3 rings (SSSR count). The Balaban J connectivity index is 1.71. The SMILES string of the molecule is CON(Cc1ccc(C2=NC(C(F)(F)F)=CON2)cc1)C(=O)C1CC1. The number of hydrogen-bond donors (Lipinski definition) is 1. The van der Waals surface area contributed by atoms with Crippen LogP contribution in [0.3, 0.4) is 0 Å². The minimum Gasteiger partial charge on any atom is -0.386 e. The second kappa shape index (κ2) is 6.75. The summed E-state index contributed by atoms with van der Waals surface area (Å²) in [5, 5.41) is 1.29. The molecule has 1 aromatic carbocycles. The van der Waals surface area contributed by atoms with Crippen LogP contribution in [0.5, 0.6) is 0 Å². The van der Waals surface area contributed by atoms with Gasteiger partial charge < -0.3 is 4.84 Å². The third kappa shape index (κ3) is 4.11. The molecule has 1 aliphatic carbocycles. The molecule has 1 N–H and O–H groups in total. The zero-order chi connectivity index (χ0) is 18.0. The molecule has 9 heteroatoms. The van der Waals surface area contributed by atoms with Gasteiger partial charge in [-0.15, -0.1) is 0 Å². The lowest BCUT2D eigenvalue weighted by atomic mass is 10.1. The second-order valence-corrected chi connectivity index (χ2v) is 5.71. The number of hydroxylamine groups is 3. The average Bonchev–Trinajstić information content (AvgIpc) is 3.44. The number of carbonyl (C=O) groups is 1. The van der Waals surface area contributed by atoms with Crippen molar-refractivity contribution >= 4 is 11.7 Å². The molecule has 0 bridgehead atoms. The first-order valence-corrected chi connectivity index (χ1v) is 7.61. The number of nitrogens with zero attached hydrogens (tertiary/aromatic N) is 2. The fourth-order valence-electron chi connectivity index (χ4n) is 2.26. The van der Waals surface area contributed by atoms with Crippen LogP contribution in [0.4, 0.5) is 13.2 Å². The molecule has 0 atom stereocenters. The first-order valence-electron chi connectivity index (χ1n) is 7.61. The van der Waals surface area contributed by atoms with E-state index in [-0.39, 0.29) is 24.2 Å². The standard InChI is InChI=1S/C16H16F3N3O3/c1-24-22(15(23)12-6-7-12)8-10-2-4-11(5-3-10)14-20-13(9-25-21-14)16(17,18)19/h2-5,9,12H,6-8H2,1H3,(H,20,21). The van der Waals surface area contributed by atoms with Gasteiger partial charge in [0.05, 0.1) is 13.7 Å². The predicted octanol–water partition coefficient (Wildman–Crippen LogP) is 2.67. The van der Waals surface area contributed by atoms with E-state index in [1.807, 2.05) is 0 Å². The first-order chi connectivity index (χ1) is 11.9. The number of amides is 1. The quantitative estimate of drug-likeness (QED) is 0.825. The molecule has 0 unspecified atom stereocenters. The van der Waals surface area contributed by atoms with Crippen LogP contribution in [0.25, 0.3) is 0 Å². The molecule has 1 fully saturated rings. The van der Waals surface area contributed by atoms with E-state index in [0.29, 0.717) is 11.8 Å². The molecule has 6 nitrogen and oxygen atoms in total. The van der Waals surface area contributed by atoms with Crippen LogP contribution in [-0.2, 0) is 21.0 Å². The summed E-state index contributed by atoms with van der Waals surface area (Å²) in [6.45, 7) is 0.260. The van der Waals surface area contributed by atoms with Crippen LogP contribution in [0, 0.1) is 5.92 Å². The van der Waals surface area contributed by atoms with Gasteiger partial charge >= 0.3 is 6.18 Å². The van der Waals surface area contributed by atoms with Crippen molar-refractivity contribution in [3.63, 3.8) is 0 Å². The number of allylic oxidation sites excluding steroid dienone is 1. The molecule has 1 aliphatic heterocycles. The molecule has 2 aliphatic rings. The zero-order valence-corrected chi connectivity index (χ0v) is 13.3. The van der Waals surface area contributed by atoms with E-state index in [1.165, 1.54) is 12.2 Å². The van der Waals surface area contributed by atoms with E-state index >= 15 is 0 Å². The first kappa shape index (κ1) is 17.3. The number of aliphatic imine (C=N–C) groups is 1. The summed E-state index contributed by atoms with van der Waals surface area (Å²) in [5.74, 6) is -0.0676. The normalized spacial score (nSPS) is 17.1. The van der Waals surface area contributed by atoms with Gasteiger partial charge in [-0.25, -0.2) is 15.5 Å². The number of halogens is 3. The van der Waals surface area contributed by atoms with E-state index in [4.69, 9.17) is 4.84 Å². The van der Waals surface area contributed by atoms with Gasteiger partial charge in [0.1, 0.15) is 6.26 Å². The van der Waals surface area contributed by atoms with Gasteiger partial charge in [0.25, 0.3) is 0 Å². The predicted molar refractivity (Wildman–Crippen MR) is 81.6 cm³/mol. The largest absolute Gasteiger partial charge is 0.436 e. The molecule has 0 aromatic heterocycles. The molecule has 0 spiro atoms. The van der Waals surface area contributed by atoms with Gasteiger partial charge in [0, 0.05) is 11.5 Å². The average molecular weight is 355 g/mol. The van der Waals surface area contributed by atoms with E-state index in [2.05, 4.69) is 15.3 Å². The van der Waals surface area contributed by atoms with Crippen molar-refractivity contribution in [1.82, 2.24) is 10.5 Å². The topological polar surface area (TPSA) is 63.2 Å². The van der Waals surface area contributed by atoms with Gasteiger partial charge in [-0.1, -0.05) is 24.3 Å². The van der Waals surface area contributed by atoms with Crippen molar-refractivity contribution in [1.29, 1.82) is 0 Å². The number of carbonyl (C=O) groups excluding carboxylic acids is 1. The Morgan fingerprint density at radius 3 is 2.60 bits per heavy atom. The second-order valence-electron chi connectivity index (χ2n) is 5.71. The Labute approximate surface area is 141 Å². The van der Waals surface area contributed by atoms with Crippen LogP contribution < -0.4 is 5.48 Å². The summed E-state index contributed by atoms with van der Waals surface area (Å²) in [4.78, 5) is 25.3. The highest BCUT2D eigenvalue weighted by Crippen LogP contribution is 2.31. The number of alkyl halides is 3. The van der Waals surface area contributed by atoms with E-state index in [9.17, 15) is 18.0 Å². The Kier molecular flexibility index (Phi) is 4.67. The van der Waals surface area contributed by atoms with Crippen molar-refractivity contribution in [2.24, 2.45) is 10.9 Å². The van der Waals surface area contributed by atoms with E-state index < -0.39 is 11.9 Å². The molecular formula is C16H16F3N3O3. The minimum absolute atomic E-state index is 0.0322. The molecule has 25 heavy (non-hydrogen) atoms. The highest BCUT2D eigenvalue weighted by atomic mass is 19.4. The Morgan fingerprint density at radius 2 is 2.04 bits per heavy atom. The smallest absolute Gasteiger partial charge is 0.386 e. The lowest BCUT2D eigenvalue weighted by Crippen LogP contribution is -2.31. The summed E-state index contributed by atoms with van der Waals surface area (Å²) in [7, 11) is 1.43. The summed E-state index contributed by atoms with van der Waals surface area (Å²) in [6.07, 6.45) is -2.33. The lowest BCUT2D eigenvalue weighted by Gasteiger charge is -2.20. The number of nitrogens with one attached hydrogen (secondary N) is 1. The summed E-state index contributed by atoms with van der Waals surface area (Å²) >= 11 is 0. The number of hydrogen-bond acceptors (Lipinski definition) is 5. The number of benzene rings is 1. The van der Waals surface area contributed by atoms with Gasteiger partial charge in [-0.3, -0.25) is 9.63 Å². The molecule has 0 saturated heterocycles. The molecular weight excluding hydrogens is 339 g/mol. The Bertz CT molecular complexity index is 710. The molecule has 0 radical (unpaired) electrons. The van der Waals surface area contributed by atoms with Crippen molar-refractivity contribution in [2.45, 2.75) is 25.6 Å². The molecule has 134 valence electrons. The summed E-state index contributed by atoms with van der Waals surface area (Å²) in [6, 6.07) is 6.58. The zero-order valence-electron chi connectivity index (χ0n) is 13.3. The Morgan fingerprint density at radius 1 is 1.36 bits per heavy atom. The van der Waals surface area contributed by atoms with Gasteiger partial charge in [0.2, 0.25) is 5.91 Å². The van der Waals surface area contributed by atoms with Crippen LogP contribution in [-0.4, -0.2) is 30.1 Å². The maximum absolute atomic E-state index is 12.7. The van der Waals surface area contributed by atoms with Crippen LogP contribution in [0.1, 0.15) is 24.0 Å². The van der Waals surface area contributed by atoms with Crippen LogP contribution in [0.15, 0.2) is 41.2 Å². The van der Waals surface area contributed by atoms with Crippen molar-refractivity contribution < 1.29 is 27.6 Å². The van der Waals surface area contributed by atoms with E-state index in [0.717, 1.165) is 18.4 Å². The fraction of sp³-hybridized carbons (Fsp3) is 0.375. The van der Waals surface area contributed by atoms with Gasteiger partial charge in [-0.2, -0.15) is 13.2 Å². The summed E-state index contributed by atoms with van der Waals surface area (Å²) in [5.41, 5.74) is 2.42. The minimum atomic E-state index is -4.59. The van der Waals surface area contributed by atoms with E-state index in [1.54, 1.807) is 24.3 Å². The maximum Gasteiger partial charge on any atom is 0.436 e. The number of rotatable bonds is 5. The highest BCUT2D eigenvalue weighted by Gasteiger charge is 2.36. The van der Waals surface area contributed by atoms with Crippen molar-refractivity contribution in [3.8, 4) is 0 Å². The number of amidine groups is 1. The Hall–Kier alpha value is -2.55. The lowest BCUT2D eigenvalue weighted by molar-refractivity contribution is -0.180. The van der Waals surface area contributed by atoms with Crippen molar-refractivity contribution in [2.75, 3.05) is 7.11 Å². The van der Waals surface area contributed by atoms with Crippen LogP contribution >= 0.6 is 0 Å². The molecule has 1 aromatic rings.